The molecule has 1 aliphatic heterocycles. The van der Waals surface area contributed by atoms with Crippen LogP contribution in [-0.2, 0) is 0 Å². The molecule has 0 saturated heterocycles. The smallest absolute Gasteiger partial charge is 0.150 e. The molecular formula is C28H27N3O2. The number of ether oxygens (including phenoxy) is 2. The van der Waals surface area contributed by atoms with Crippen LogP contribution in [0.25, 0.3) is 10.9 Å². The van der Waals surface area contributed by atoms with Crippen molar-refractivity contribution in [3.63, 3.8) is 0 Å². The molecule has 33 heavy (non-hydrogen) atoms. The fourth-order valence-electron chi connectivity index (χ4n) is 4.20. The first-order valence-electron chi connectivity index (χ1n) is 11.4. The molecule has 4 aromatic rings. The zero-order valence-electron chi connectivity index (χ0n) is 18.9. The molecule has 0 saturated carbocycles. The number of rotatable bonds is 7. The molecule has 1 atom stereocenters. The van der Waals surface area contributed by atoms with Gasteiger partial charge in [0.1, 0.15) is 17.3 Å². The Bertz CT molecular complexity index is 1270. The number of hydrogen-bond acceptors (Lipinski definition) is 5. The first kappa shape index (κ1) is 21.0. The highest BCUT2D eigenvalue weighted by atomic mass is 16.5. The molecule has 2 heterocycles. The van der Waals surface area contributed by atoms with Crippen molar-refractivity contribution in [3.8, 4) is 11.5 Å². The molecule has 0 spiro atoms. The van der Waals surface area contributed by atoms with Crippen LogP contribution in [0.1, 0.15) is 37.4 Å². The van der Waals surface area contributed by atoms with Crippen LogP contribution >= 0.6 is 0 Å². The second-order valence-electron chi connectivity index (χ2n) is 7.93. The summed E-state index contributed by atoms with van der Waals surface area (Å²) < 4.78 is 11.2. The number of pyridine rings is 1. The van der Waals surface area contributed by atoms with E-state index in [0.717, 1.165) is 45.9 Å². The molecule has 0 radical (unpaired) electrons. The van der Waals surface area contributed by atoms with Gasteiger partial charge in [-0.3, -0.25) is 0 Å². The van der Waals surface area contributed by atoms with Crippen LogP contribution < -0.4 is 14.5 Å². The van der Waals surface area contributed by atoms with Crippen LogP contribution in [0.5, 0.6) is 11.5 Å². The van der Waals surface area contributed by atoms with Crippen LogP contribution in [0, 0.1) is 0 Å². The van der Waals surface area contributed by atoms with Gasteiger partial charge in [0.25, 0.3) is 0 Å². The first-order valence-corrected chi connectivity index (χ1v) is 11.4. The Morgan fingerprint density at radius 2 is 1.45 bits per heavy atom. The van der Waals surface area contributed by atoms with E-state index in [9.17, 15) is 0 Å². The summed E-state index contributed by atoms with van der Waals surface area (Å²) in [5, 5.41) is 8.21. The van der Waals surface area contributed by atoms with Crippen molar-refractivity contribution in [2.45, 2.75) is 26.3 Å². The molecule has 0 aliphatic carbocycles. The van der Waals surface area contributed by atoms with Crippen LogP contribution in [0.3, 0.4) is 0 Å². The molecule has 5 nitrogen and oxygen atoms in total. The van der Waals surface area contributed by atoms with E-state index in [1.807, 2.05) is 61.3 Å². The summed E-state index contributed by atoms with van der Waals surface area (Å²) in [6.45, 7) is 5.29. The maximum atomic E-state index is 5.64. The van der Waals surface area contributed by atoms with Gasteiger partial charge in [-0.1, -0.05) is 30.3 Å². The van der Waals surface area contributed by atoms with Gasteiger partial charge in [-0.15, -0.1) is 0 Å². The number of hydrogen-bond donors (Lipinski definition) is 0. The minimum Gasteiger partial charge on any atom is -0.494 e. The SMILES string of the molecule is CCOc1ccc(C2=NN(c3ccc4ccccc4n3)C(c3ccc(OCC)cc3)C2)cc1. The summed E-state index contributed by atoms with van der Waals surface area (Å²) in [6, 6.07) is 28.8. The van der Waals surface area contributed by atoms with Crippen molar-refractivity contribution in [2.24, 2.45) is 5.10 Å². The molecule has 0 bridgehead atoms. The number of hydrazone groups is 1. The lowest BCUT2D eigenvalue weighted by Crippen LogP contribution is -2.19. The topological polar surface area (TPSA) is 47.0 Å². The van der Waals surface area contributed by atoms with Crippen LogP contribution in [0.15, 0.2) is 90.0 Å². The fraction of sp³-hybridized carbons (Fsp3) is 0.214. The molecular weight excluding hydrogens is 410 g/mol. The van der Waals surface area contributed by atoms with Gasteiger partial charge in [0.05, 0.1) is 30.5 Å². The molecule has 1 unspecified atom stereocenters. The van der Waals surface area contributed by atoms with Crippen molar-refractivity contribution < 1.29 is 9.47 Å². The number of aromatic nitrogens is 1. The average molecular weight is 438 g/mol. The normalized spacial score (nSPS) is 15.5. The average Bonchev–Trinajstić information content (AvgIpc) is 3.31. The zero-order chi connectivity index (χ0) is 22.6. The van der Waals surface area contributed by atoms with E-state index in [2.05, 4.69) is 42.5 Å². The van der Waals surface area contributed by atoms with Gasteiger partial charge in [0.15, 0.2) is 0 Å². The summed E-state index contributed by atoms with van der Waals surface area (Å²) >= 11 is 0. The minimum atomic E-state index is 0.0518. The third-order valence-corrected chi connectivity index (χ3v) is 5.80. The van der Waals surface area contributed by atoms with Gasteiger partial charge < -0.3 is 9.47 Å². The second kappa shape index (κ2) is 9.33. The maximum Gasteiger partial charge on any atom is 0.150 e. The van der Waals surface area contributed by atoms with Gasteiger partial charge in [-0.25, -0.2) is 9.99 Å². The summed E-state index contributed by atoms with van der Waals surface area (Å²) in [7, 11) is 0. The lowest BCUT2D eigenvalue weighted by atomic mass is 9.98. The highest BCUT2D eigenvalue weighted by Crippen LogP contribution is 2.37. The van der Waals surface area contributed by atoms with Gasteiger partial charge >= 0.3 is 0 Å². The van der Waals surface area contributed by atoms with E-state index in [1.54, 1.807) is 0 Å². The van der Waals surface area contributed by atoms with E-state index in [0.29, 0.717) is 13.2 Å². The number of benzene rings is 3. The van der Waals surface area contributed by atoms with Crippen molar-refractivity contribution in [1.29, 1.82) is 0 Å². The third-order valence-electron chi connectivity index (χ3n) is 5.80. The summed E-state index contributed by atoms with van der Waals surface area (Å²) in [4.78, 5) is 4.92. The molecule has 166 valence electrons. The van der Waals surface area contributed by atoms with Gasteiger partial charge in [-0.05, 0) is 79.6 Å². The van der Waals surface area contributed by atoms with Gasteiger partial charge in [0, 0.05) is 11.8 Å². The van der Waals surface area contributed by atoms with Crippen molar-refractivity contribution in [2.75, 3.05) is 18.2 Å². The van der Waals surface area contributed by atoms with Crippen LogP contribution in [0.4, 0.5) is 5.82 Å². The third kappa shape index (κ3) is 4.40. The number of fused-ring (bicyclic) bond motifs is 1. The number of nitrogens with zero attached hydrogens (tertiary/aromatic N) is 3. The molecule has 1 aromatic heterocycles. The van der Waals surface area contributed by atoms with Crippen molar-refractivity contribution in [3.05, 3.63) is 96.1 Å². The van der Waals surface area contributed by atoms with Crippen LogP contribution in [0.2, 0.25) is 0 Å². The molecule has 3 aromatic carbocycles. The largest absolute Gasteiger partial charge is 0.494 e. The molecule has 5 rings (SSSR count). The second-order valence-corrected chi connectivity index (χ2v) is 7.93. The highest BCUT2D eigenvalue weighted by Gasteiger charge is 2.31. The van der Waals surface area contributed by atoms with Gasteiger partial charge in [-0.2, -0.15) is 5.10 Å². The van der Waals surface area contributed by atoms with E-state index in [4.69, 9.17) is 19.6 Å². The predicted molar refractivity (Wildman–Crippen MR) is 133 cm³/mol. The Morgan fingerprint density at radius 1 is 0.788 bits per heavy atom. The standard InChI is InChI=1S/C28H27N3O2/c1-3-32-23-14-9-21(10-15-23)26-19-27(22-11-16-24(17-12-22)33-4-2)31(30-26)28-18-13-20-7-5-6-8-25(20)29-28/h5-18,27H,3-4,19H2,1-2H3. The molecule has 5 heteroatoms. The Labute approximate surface area is 194 Å². The Hall–Kier alpha value is -3.86. The quantitative estimate of drug-likeness (QED) is 0.336. The van der Waals surface area contributed by atoms with Crippen molar-refractivity contribution in [1.82, 2.24) is 4.98 Å². The highest BCUT2D eigenvalue weighted by molar-refractivity contribution is 6.03. The zero-order valence-corrected chi connectivity index (χ0v) is 18.9. The van der Waals surface area contributed by atoms with Crippen molar-refractivity contribution >= 4 is 22.4 Å². The van der Waals surface area contributed by atoms with E-state index < -0.39 is 0 Å². The lowest BCUT2D eigenvalue weighted by molar-refractivity contribution is 0.340. The molecule has 0 N–H and O–H groups in total. The Balaban J connectivity index is 1.52. The minimum absolute atomic E-state index is 0.0518. The summed E-state index contributed by atoms with van der Waals surface area (Å²) in [5.74, 6) is 2.59. The first-order chi connectivity index (χ1) is 16.2. The fourth-order valence-corrected chi connectivity index (χ4v) is 4.20. The number of para-hydroxylation sites is 1. The van der Waals surface area contributed by atoms with E-state index >= 15 is 0 Å². The molecule has 1 aliphatic rings. The van der Waals surface area contributed by atoms with E-state index in [1.165, 1.54) is 5.56 Å². The molecule has 0 amide bonds. The summed E-state index contributed by atoms with van der Waals surface area (Å²) in [6.07, 6.45) is 0.788. The van der Waals surface area contributed by atoms with E-state index in [-0.39, 0.29) is 6.04 Å². The predicted octanol–water partition coefficient (Wildman–Crippen LogP) is 6.39. The molecule has 0 fully saturated rings. The summed E-state index contributed by atoms with van der Waals surface area (Å²) in [5.41, 5.74) is 4.27. The maximum absolute atomic E-state index is 5.64. The Morgan fingerprint density at radius 3 is 2.15 bits per heavy atom. The lowest BCUT2D eigenvalue weighted by Gasteiger charge is -2.23. The van der Waals surface area contributed by atoms with Crippen LogP contribution in [-0.4, -0.2) is 23.9 Å². The monoisotopic (exact) mass is 437 g/mol. The Kier molecular flexibility index (Phi) is 5.94. The number of anilines is 1. The van der Waals surface area contributed by atoms with Gasteiger partial charge in [0.2, 0.25) is 0 Å².